The Hall–Kier alpha value is -2.20. The van der Waals surface area contributed by atoms with Crippen molar-refractivity contribution in [1.29, 1.82) is 5.26 Å². The monoisotopic (exact) mass is 308 g/mol. The van der Waals surface area contributed by atoms with E-state index in [1.807, 2.05) is 6.07 Å². The van der Waals surface area contributed by atoms with Gasteiger partial charge in [0.05, 0.1) is 17.4 Å². The Morgan fingerprint density at radius 1 is 1.48 bits per heavy atom. The van der Waals surface area contributed by atoms with Crippen LogP contribution in [0.25, 0.3) is 0 Å². The van der Waals surface area contributed by atoms with E-state index in [0.717, 1.165) is 11.1 Å². The van der Waals surface area contributed by atoms with Crippen molar-refractivity contribution in [2.45, 2.75) is 25.6 Å². The van der Waals surface area contributed by atoms with Crippen LogP contribution < -0.4 is 5.32 Å². The van der Waals surface area contributed by atoms with Crippen LogP contribution in [-0.2, 0) is 26.1 Å². The summed E-state index contributed by atoms with van der Waals surface area (Å²) in [4.78, 5) is 21.9. The number of hydrogen-bond donors (Lipinski definition) is 2. The topological polar surface area (TPSA) is 107 Å². The lowest BCUT2D eigenvalue weighted by Crippen LogP contribution is -2.43. The number of hydrogen-bond acceptors (Lipinski definition) is 4. The molecule has 0 saturated carbocycles. The van der Waals surface area contributed by atoms with Crippen LogP contribution in [0.3, 0.4) is 0 Å². The Morgan fingerprint density at radius 3 is 2.62 bits per heavy atom. The zero-order valence-corrected chi connectivity index (χ0v) is 12.6. The summed E-state index contributed by atoms with van der Waals surface area (Å²) < 4.78 is 12.0. The highest BCUT2D eigenvalue weighted by molar-refractivity contribution is 7.84. The summed E-state index contributed by atoms with van der Waals surface area (Å²) >= 11 is 0. The molecule has 0 bridgehead atoms. The van der Waals surface area contributed by atoms with Gasteiger partial charge in [-0.25, -0.2) is 4.79 Å². The minimum Gasteiger partial charge on any atom is -0.480 e. The van der Waals surface area contributed by atoms with E-state index in [4.69, 9.17) is 10.4 Å². The van der Waals surface area contributed by atoms with Crippen LogP contribution >= 0.6 is 0 Å². The summed E-state index contributed by atoms with van der Waals surface area (Å²) in [6.45, 7) is 3.01. The number of carbonyl (C=O) groups excluding carboxylic acids is 1. The van der Waals surface area contributed by atoms with Crippen molar-refractivity contribution in [2.75, 3.05) is 5.75 Å². The van der Waals surface area contributed by atoms with Gasteiger partial charge in [-0.05, 0) is 30.2 Å². The van der Waals surface area contributed by atoms with E-state index in [-0.39, 0.29) is 11.5 Å². The van der Waals surface area contributed by atoms with E-state index in [0.29, 0.717) is 5.56 Å². The van der Waals surface area contributed by atoms with Crippen molar-refractivity contribution >= 4 is 22.7 Å². The predicted molar refractivity (Wildman–Crippen MR) is 77.8 cm³/mol. The molecule has 0 radical (unpaired) electrons. The first kappa shape index (κ1) is 16.9. The molecule has 2 N–H and O–H groups in total. The van der Waals surface area contributed by atoms with Crippen molar-refractivity contribution in [3.05, 3.63) is 34.9 Å². The van der Waals surface area contributed by atoms with Crippen LogP contribution in [0.15, 0.2) is 18.2 Å². The lowest BCUT2D eigenvalue weighted by atomic mass is 10.1. The fourth-order valence-electron chi connectivity index (χ4n) is 1.77. The van der Waals surface area contributed by atoms with Gasteiger partial charge in [0, 0.05) is 23.5 Å². The molecule has 2 atom stereocenters. The quantitative estimate of drug-likeness (QED) is 0.804. The number of nitrogens with zero attached hydrogens (tertiary/aromatic N) is 1. The van der Waals surface area contributed by atoms with Gasteiger partial charge in [-0.3, -0.25) is 9.00 Å². The normalized spacial score (nSPS) is 13.0. The third kappa shape index (κ3) is 5.36. The molecule has 1 aromatic rings. The molecule has 1 rings (SSSR count). The number of carboxylic acid groups (broad SMARTS) is 1. The zero-order chi connectivity index (χ0) is 16.0. The Balaban J connectivity index is 2.75. The van der Waals surface area contributed by atoms with E-state index in [1.165, 1.54) is 6.92 Å². The molecule has 7 heteroatoms. The number of aryl methyl sites for hydroxylation is 1. The first-order chi connectivity index (χ1) is 9.83. The Bertz CT molecular complexity index is 622. The molecule has 0 aliphatic heterocycles. The SMILES string of the molecule is CC(=O)NC(CS(=O)Cc1ccc(C#N)cc1C)C(=O)O. The molecule has 2 unspecified atom stereocenters. The molecule has 0 aliphatic rings. The highest BCUT2D eigenvalue weighted by Crippen LogP contribution is 2.13. The van der Waals surface area contributed by atoms with Crippen molar-refractivity contribution in [3.63, 3.8) is 0 Å². The molecule has 21 heavy (non-hydrogen) atoms. The molecule has 1 aromatic carbocycles. The number of nitriles is 1. The number of carbonyl (C=O) groups is 2. The third-order valence-corrected chi connectivity index (χ3v) is 4.15. The van der Waals surface area contributed by atoms with Crippen LogP contribution in [0.5, 0.6) is 0 Å². The second-order valence-corrected chi connectivity index (χ2v) is 6.10. The molecule has 1 amide bonds. The Kier molecular flexibility index (Phi) is 6.06. The third-order valence-electron chi connectivity index (χ3n) is 2.82. The Labute approximate surface area is 125 Å². The molecule has 0 heterocycles. The summed E-state index contributed by atoms with van der Waals surface area (Å²) in [5, 5.41) is 20.0. The molecular weight excluding hydrogens is 292 g/mol. The van der Waals surface area contributed by atoms with E-state index in [1.54, 1.807) is 25.1 Å². The smallest absolute Gasteiger partial charge is 0.327 e. The number of benzene rings is 1. The molecule has 6 nitrogen and oxygen atoms in total. The molecule has 0 aromatic heterocycles. The van der Waals surface area contributed by atoms with Gasteiger partial charge in [0.15, 0.2) is 0 Å². The minimum atomic E-state index is -1.44. The average molecular weight is 308 g/mol. The second kappa shape index (κ2) is 7.55. The summed E-state index contributed by atoms with van der Waals surface area (Å²) in [6.07, 6.45) is 0. The molecule has 0 saturated heterocycles. The van der Waals surface area contributed by atoms with Crippen molar-refractivity contribution in [3.8, 4) is 6.07 Å². The van der Waals surface area contributed by atoms with Gasteiger partial charge in [-0.2, -0.15) is 5.26 Å². The van der Waals surface area contributed by atoms with Crippen molar-refractivity contribution in [2.24, 2.45) is 0 Å². The summed E-state index contributed by atoms with van der Waals surface area (Å²) in [5.74, 6) is -1.67. The van der Waals surface area contributed by atoms with E-state index < -0.39 is 28.7 Å². The average Bonchev–Trinajstić information content (AvgIpc) is 2.39. The highest BCUT2D eigenvalue weighted by Gasteiger charge is 2.21. The van der Waals surface area contributed by atoms with Gasteiger partial charge >= 0.3 is 5.97 Å². The lowest BCUT2D eigenvalue weighted by molar-refractivity contribution is -0.140. The molecule has 0 spiro atoms. The predicted octanol–water partition coefficient (Wildman–Crippen LogP) is 0.705. The van der Waals surface area contributed by atoms with E-state index >= 15 is 0 Å². The zero-order valence-electron chi connectivity index (χ0n) is 11.8. The fourth-order valence-corrected chi connectivity index (χ4v) is 3.15. The Morgan fingerprint density at radius 2 is 2.14 bits per heavy atom. The number of aliphatic carboxylic acids is 1. The van der Waals surface area contributed by atoms with E-state index in [2.05, 4.69) is 5.32 Å². The number of carboxylic acids is 1. The molecule has 112 valence electrons. The van der Waals surface area contributed by atoms with Crippen LogP contribution in [0.2, 0.25) is 0 Å². The first-order valence-electron chi connectivity index (χ1n) is 6.18. The van der Waals surface area contributed by atoms with Crippen LogP contribution in [-0.4, -0.2) is 33.0 Å². The number of nitrogens with one attached hydrogen (secondary N) is 1. The second-order valence-electron chi connectivity index (χ2n) is 4.60. The standard InChI is InChI=1S/C14H16N2O4S/c1-9-5-11(6-15)3-4-12(9)7-21(20)8-13(14(18)19)16-10(2)17/h3-5,13H,7-8H2,1-2H3,(H,16,17)(H,18,19). The summed E-state index contributed by atoms with van der Waals surface area (Å²) in [7, 11) is -1.44. The summed E-state index contributed by atoms with van der Waals surface area (Å²) in [6, 6.07) is 5.88. The van der Waals surface area contributed by atoms with E-state index in [9.17, 15) is 13.8 Å². The van der Waals surface area contributed by atoms with Gasteiger partial charge in [0.25, 0.3) is 0 Å². The van der Waals surface area contributed by atoms with Gasteiger partial charge in [0.2, 0.25) is 5.91 Å². The minimum absolute atomic E-state index is 0.158. The van der Waals surface area contributed by atoms with Gasteiger partial charge in [0.1, 0.15) is 6.04 Å². The van der Waals surface area contributed by atoms with Crippen LogP contribution in [0.1, 0.15) is 23.6 Å². The largest absolute Gasteiger partial charge is 0.480 e. The highest BCUT2D eigenvalue weighted by atomic mass is 32.2. The van der Waals surface area contributed by atoms with Crippen molar-refractivity contribution in [1.82, 2.24) is 5.32 Å². The van der Waals surface area contributed by atoms with Crippen molar-refractivity contribution < 1.29 is 18.9 Å². The lowest BCUT2D eigenvalue weighted by Gasteiger charge is -2.13. The number of rotatable bonds is 6. The maximum Gasteiger partial charge on any atom is 0.327 e. The fraction of sp³-hybridized carbons (Fsp3) is 0.357. The van der Waals surface area contributed by atoms with Crippen LogP contribution in [0.4, 0.5) is 0 Å². The maximum atomic E-state index is 12.0. The number of amides is 1. The first-order valence-corrected chi connectivity index (χ1v) is 7.66. The molecule has 0 fully saturated rings. The summed E-state index contributed by atoms with van der Waals surface area (Å²) in [5.41, 5.74) is 2.14. The van der Waals surface area contributed by atoms with Gasteiger partial charge < -0.3 is 10.4 Å². The maximum absolute atomic E-state index is 12.0. The van der Waals surface area contributed by atoms with Crippen LogP contribution in [0, 0.1) is 18.3 Å². The molecular formula is C14H16N2O4S. The van der Waals surface area contributed by atoms with Gasteiger partial charge in [-0.1, -0.05) is 6.07 Å². The molecule has 0 aliphatic carbocycles. The van der Waals surface area contributed by atoms with Gasteiger partial charge in [-0.15, -0.1) is 0 Å².